The molecule has 0 radical (unpaired) electrons. The average molecular weight is 198 g/mol. The molecule has 0 aliphatic carbocycles. The SMILES string of the molecule is CCCCN1CCCC(NC)C1(C)C. The van der Waals surface area contributed by atoms with Crippen molar-refractivity contribution < 1.29 is 0 Å². The van der Waals surface area contributed by atoms with Crippen LogP contribution < -0.4 is 5.32 Å². The molecule has 0 amide bonds. The molecule has 1 aliphatic rings. The number of likely N-dealkylation sites (N-methyl/N-ethyl adjacent to an activating group) is 1. The summed E-state index contributed by atoms with van der Waals surface area (Å²) < 4.78 is 0. The van der Waals surface area contributed by atoms with Crippen molar-refractivity contribution in [1.29, 1.82) is 0 Å². The van der Waals surface area contributed by atoms with Crippen LogP contribution in [0.3, 0.4) is 0 Å². The fourth-order valence-corrected chi connectivity index (χ4v) is 2.59. The van der Waals surface area contributed by atoms with Crippen molar-refractivity contribution in [3.05, 3.63) is 0 Å². The Morgan fingerprint density at radius 2 is 2.14 bits per heavy atom. The van der Waals surface area contributed by atoms with Gasteiger partial charge in [0.25, 0.3) is 0 Å². The van der Waals surface area contributed by atoms with Gasteiger partial charge in [-0.25, -0.2) is 0 Å². The second kappa shape index (κ2) is 5.13. The zero-order valence-electron chi connectivity index (χ0n) is 10.3. The normalized spacial score (nSPS) is 27.9. The van der Waals surface area contributed by atoms with Gasteiger partial charge in [-0.3, -0.25) is 4.90 Å². The molecule has 84 valence electrons. The van der Waals surface area contributed by atoms with Crippen LogP contribution >= 0.6 is 0 Å². The Bertz CT molecular complexity index is 166. The third kappa shape index (κ3) is 2.48. The van der Waals surface area contributed by atoms with Gasteiger partial charge in [0.1, 0.15) is 0 Å². The van der Waals surface area contributed by atoms with E-state index in [0.29, 0.717) is 11.6 Å². The Kier molecular flexibility index (Phi) is 4.39. The molecular weight excluding hydrogens is 172 g/mol. The van der Waals surface area contributed by atoms with Gasteiger partial charge in [0.15, 0.2) is 0 Å². The maximum absolute atomic E-state index is 3.46. The molecule has 0 aromatic carbocycles. The van der Waals surface area contributed by atoms with E-state index in [0.717, 1.165) is 0 Å². The van der Waals surface area contributed by atoms with Gasteiger partial charge in [0, 0.05) is 11.6 Å². The predicted octanol–water partition coefficient (Wildman–Crippen LogP) is 2.25. The van der Waals surface area contributed by atoms with Crippen molar-refractivity contribution in [2.24, 2.45) is 0 Å². The fourth-order valence-electron chi connectivity index (χ4n) is 2.59. The lowest BCUT2D eigenvalue weighted by Gasteiger charge is -2.48. The molecule has 0 saturated carbocycles. The minimum atomic E-state index is 0.335. The van der Waals surface area contributed by atoms with Gasteiger partial charge in [0.2, 0.25) is 0 Å². The van der Waals surface area contributed by atoms with Gasteiger partial charge < -0.3 is 5.32 Å². The van der Waals surface area contributed by atoms with E-state index in [1.165, 1.54) is 38.8 Å². The molecule has 14 heavy (non-hydrogen) atoms. The summed E-state index contributed by atoms with van der Waals surface area (Å²) in [4.78, 5) is 2.65. The van der Waals surface area contributed by atoms with Crippen LogP contribution in [-0.2, 0) is 0 Å². The Balaban J connectivity index is 2.55. The predicted molar refractivity (Wildman–Crippen MR) is 62.6 cm³/mol. The van der Waals surface area contributed by atoms with Gasteiger partial charge >= 0.3 is 0 Å². The number of hydrogen-bond donors (Lipinski definition) is 1. The van der Waals surface area contributed by atoms with Crippen molar-refractivity contribution in [3.63, 3.8) is 0 Å². The monoisotopic (exact) mass is 198 g/mol. The average Bonchev–Trinajstić information content (AvgIpc) is 2.15. The Morgan fingerprint density at radius 3 is 2.71 bits per heavy atom. The molecule has 1 rings (SSSR count). The maximum atomic E-state index is 3.46. The molecule has 2 heteroatoms. The first-order valence-corrected chi connectivity index (χ1v) is 6.05. The summed E-state index contributed by atoms with van der Waals surface area (Å²) in [5.74, 6) is 0. The van der Waals surface area contributed by atoms with E-state index in [-0.39, 0.29) is 0 Å². The minimum absolute atomic E-state index is 0.335. The number of rotatable bonds is 4. The van der Waals surface area contributed by atoms with Crippen LogP contribution in [0.1, 0.15) is 46.5 Å². The van der Waals surface area contributed by atoms with E-state index >= 15 is 0 Å². The molecule has 1 saturated heterocycles. The summed E-state index contributed by atoms with van der Waals surface area (Å²) in [7, 11) is 2.09. The standard InChI is InChI=1S/C12H26N2/c1-5-6-9-14-10-7-8-11(13-4)12(14,2)3/h11,13H,5-10H2,1-4H3. The molecule has 0 aromatic heterocycles. The highest BCUT2D eigenvalue weighted by Gasteiger charge is 2.36. The van der Waals surface area contributed by atoms with Crippen LogP contribution in [-0.4, -0.2) is 36.6 Å². The van der Waals surface area contributed by atoms with Crippen LogP contribution in [0.2, 0.25) is 0 Å². The lowest BCUT2D eigenvalue weighted by Crippen LogP contribution is -2.60. The summed E-state index contributed by atoms with van der Waals surface area (Å²) in [5.41, 5.74) is 0.335. The van der Waals surface area contributed by atoms with Crippen LogP contribution in [0, 0.1) is 0 Å². The van der Waals surface area contributed by atoms with Crippen molar-refractivity contribution in [2.75, 3.05) is 20.1 Å². The summed E-state index contributed by atoms with van der Waals surface area (Å²) in [5, 5.41) is 3.46. The highest BCUT2D eigenvalue weighted by Crippen LogP contribution is 2.27. The second-order valence-electron chi connectivity index (χ2n) is 4.98. The van der Waals surface area contributed by atoms with Crippen LogP contribution in [0.15, 0.2) is 0 Å². The number of unbranched alkanes of at least 4 members (excludes halogenated alkanes) is 1. The third-order valence-electron chi connectivity index (χ3n) is 3.72. The zero-order valence-corrected chi connectivity index (χ0v) is 10.3. The van der Waals surface area contributed by atoms with Gasteiger partial charge in [-0.15, -0.1) is 0 Å². The first-order valence-electron chi connectivity index (χ1n) is 6.05. The fraction of sp³-hybridized carbons (Fsp3) is 1.00. The first-order chi connectivity index (χ1) is 6.62. The van der Waals surface area contributed by atoms with E-state index in [1.54, 1.807) is 0 Å². The molecule has 1 N–H and O–H groups in total. The van der Waals surface area contributed by atoms with Gasteiger partial charge in [-0.05, 0) is 53.2 Å². The molecule has 0 bridgehead atoms. The Hall–Kier alpha value is -0.0800. The topological polar surface area (TPSA) is 15.3 Å². The summed E-state index contributed by atoms with van der Waals surface area (Å²) in [6.45, 7) is 9.57. The number of nitrogens with one attached hydrogen (secondary N) is 1. The van der Waals surface area contributed by atoms with Gasteiger partial charge in [0.05, 0.1) is 0 Å². The molecule has 2 nitrogen and oxygen atoms in total. The van der Waals surface area contributed by atoms with Crippen LogP contribution in [0.4, 0.5) is 0 Å². The quantitative estimate of drug-likeness (QED) is 0.745. The molecule has 0 aromatic rings. The van der Waals surface area contributed by atoms with Crippen LogP contribution in [0.25, 0.3) is 0 Å². The highest BCUT2D eigenvalue weighted by atomic mass is 15.2. The molecule has 0 spiro atoms. The van der Waals surface area contributed by atoms with E-state index < -0.39 is 0 Å². The molecule has 1 fully saturated rings. The smallest absolute Gasteiger partial charge is 0.0306 e. The van der Waals surface area contributed by atoms with Crippen molar-refractivity contribution in [3.8, 4) is 0 Å². The summed E-state index contributed by atoms with van der Waals surface area (Å²) in [6, 6.07) is 0.660. The van der Waals surface area contributed by atoms with Crippen molar-refractivity contribution in [1.82, 2.24) is 10.2 Å². The van der Waals surface area contributed by atoms with Crippen molar-refractivity contribution >= 4 is 0 Å². The van der Waals surface area contributed by atoms with E-state index in [1.807, 2.05) is 0 Å². The number of nitrogens with zero attached hydrogens (tertiary/aromatic N) is 1. The third-order valence-corrected chi connectivity index (χ3v) is 3.72. The molecular formula is C12H26N2. The van der Waals surface area contributed by atoms with E-state index in [9.17, 15) is 0 Å². The molecule has 1 heterocycles. The number of likely N-dealkylation sites (tertiary alicyclic amines) is 1. The van der Waals surface area contributed by atoms with E-state index in [2.05, 4.69) is 38.0 Å². The first kappa shape index (κ1) is 12.0. The van der Waals surface area contributed by atoms with Crippen LogP contribution in [0.5, 0.6) is 0 Å². The molecule has 1 unspecified atom stereocenters. The van der Waals surface area contributed by atoms with Crippen molar-refractivity contribution in [2.45, 2.75) is 58.0 Å². The Labute approximate surface area is 89.1 Å². The summed E-state index contributed by atoms with van der Waals surface area (Å²) >= 11 is 0. The largest absolute Gasteiger partial charge is 0.315 e. The summed E-state index contributed by atoms with van der Waals surface area (Å²) in [6.07, 6.45) is 5.31. The maximum Gasteiger partial charge on any atom is 0.0306 e. The second-order valence-corrected chi connectivity index (χ2v) is 4.98. The number of hydrogen-bond acceptors (Lipinski definition) is 2. The van der Waals surface area contributed by atoms with E-state index in [4.69, 9.17) is 0 Å². The molecule has 1 atom stereocenters. The highest BCUT2D eigenvalue weighted by molar-refractivity contribution is 4.96. The molecule has 1 aliphatic heterocycles. The lowest BCUT2D eigenvalue weighted by molar-refractivity contribution is 0.0447. The van der Waals surface area contributed by atoms with Gasteiger partial charge in [-0.1, -0.05) is 13.3 Å². The van der Waals surface area contributed by atoms with Gasteiger partial charge in [-0.2, -0.15) is 0 Å². The number of piperidine rings is 1. The zero-order chi connectivity index (χ0) is 10.6. The lowest BCUT2D eigenvalue weighted by atomic mass is 9.85. The minimum Gasteiger partial charge on any atom is -0.315 e. The Morgan fingerprint density at radius 1 is 1.43 bits per heavy atom.